The molecule has 8 heteroatoms. The summed E-state index contributed by atoms with van der Waals surface area (Å²) in [6, 6.07) is 0. The Bertz CT molecular complexity index is 378. The number of esters is 4. The van der Waals surface area contributed by atoms with Crippen LogP contribution in [0.4, 0.5) is 0 Å². The average Bonchev–Trinajstić information content (AvgIpc) is 2.58. The molecule has 1 fully saturated rings. The normalized spacial score (nSPS) is 21.2. The molecule has 0 amide bonds. The minimum Gasteiger partial charge on any atom is -0.465 e. The number of carbonyl (C=O) groups is 4. The van der Waals surface area contributed by atoms with Crippen molar-refractivity contribution in [2.75, 3.05) is 26.4 Å². The lowest BCUT2D eigenvalue weighted by Gasteiger charge is -2.08. The Morgan fingerprint density at radius 2 is 0.615 bits per heavy atom. The van der Waals surface area contributed by atoms with Crippen molar-refractivity contribution in [3.05, 3.63) is 0 Å². The van der Waals surface area contributed by atoms with E-state index in [9.17, 15) is 19.2 Å². The first-order chi connectivity index (χ1) is 12.6. The molecule has 0 aliphatic carbocycles. The number of hydrogen-bond donors (Lipinski definition) is 0. The monoisotopic (exact) mass is 372 g/mol. The van der Waals surface area contributed by atoms with Gasteiger partial charge in [0, 0.05) is 0 Å². The molecule has 0 aromatic carbocycles. The highest BCUT2D eigenvalue weighted by molar-refractivity contribution is 5.91. The van der Waals surface area contributed by atoms with Gasteiger partial charge in [0.05, 0.1) is 26.4 Å². The van der Waals surface area contributed by atoms with E-state index in [1.165, 1.54) is 0 Å². The summed E-state index contributed by atoms with van der Waals surface area (Å²) >= 11 is 0. The summed E-state index contributed by atoms with van der Waals surface area (Å²) in [4.78, 5) is 45.9. The molecule has 0 N–H and O–H groups in total. The van der Waals surface area contributed by atoms with Crippen molar-refractivity contribution in [3.8, 4) is 0 Å². The lowest BCUT2D eigenvalue weighted by Crippen LogP contribution is -2.15. The minimum atomic E-state index is -0.576. The third-order valence-corrected chi connectivity index (χ3v) is 3.71. The third-order valence-electron chi connectivity index (χ3n) is 3.71. The lowest BCUT2D eigenvalue weighted by molar-refractivity contribution is -0.156. The van der Waals surface area contributed by atoms with Crippen LogP contribution < -0.4 is 0 Å². The maximum Gasteiger partial charge on any atom is 0.317 e. The predicted octanol–water partition coefficient (Wildman–Crippen LogP) is 2.07. The average molecular weight is 372 g/mol. The van der Waals surface area contributed by atoms with Crippen LogP contribution in [0.5, 0.6) is 0 Å². The number of rotatable bonds is 0. The van der Waals surface area contributed by atoms with Gasteiger partial charge in [-0.3, -0.25) is 19.2 Å². The molecule has 0 spiro atoms. The molecule has 8 nitrogen and oxygen atoms in total. The fourth-order valence-electron chi connectivity index (χ4n) is 2.30. The van der Waals surface area contributed by atoms with Crippen molar-refractivity contribution < 1.29 is 38.1 Å². The van der Waals surface area contributed by atoms with E-state index < -0.39 is 23.9 Å². The van der Waals surface area contributed by atoms with Gasteiger partial charge in [-0.15, -0.1) is 0 Å². The molecule has 0 bridgehead atoms. The van der Waals surface area contributed by atoms with E-state index in [0.29, 0.717) is 25.7 Å². The largest absolute Gasteiger partial charge is 0.465 e. The molecule has 1 rings (SSSR count). The molecule has 1 saturated heterocycles. The molecule has 0 aromatic rings. The zero-order valence-corrected chi connectivity index (χ0v) is 15.2. The van der Waals surface area contributed by atoms with Gasteiger partial charge in [0.15, 0.2) is 0 Å². The van der Waals surface area contributed by atoms with E-state index >= 15 is 0 Å². The first-order valence-electron chi connectivity index (χ1n) is 9.20. The van der Waals surface area contributed by atoms with Gasteiger partial charge in [0.1, 0.15) is 12.8 Å². The summed E-state index contributed by atoms with van der Waals surface area (Å²) in [5, 5.41) is 0. The van der Waals surface area contributed by atoms with E-state index in [4.69, 9.17) is 18.9 Å². The Morgan fingerprint density at radius 1 is 0.385 bits per heavy atom. The van der Waals surface area contributed by atoms with Crippen molar-refractivity contribution >= 4 is 23.9 Å². The van der Waals surface area contributed by atoms with Gasteiger partial charge in [0.25, 0.3) is 0 Å². The second-order valence-corrected chi connectivity index (χ2v) is 6.06. The van der Waals surface area contributed by atoms with Crippen molar-refractivity contribution in [1.29, 1.82) is 0 Å². The van der Waals surface area contributed by atoms with Crippen LogP contribution in [0.1, 0.15) is 64.2 Å². The lowest BCUT2D eigenvalue weighted by atomic mass is 10.2. The van der Waals surface area contributed by atoms with Gasteiger partial charge in [-0.1, -0.05) is 0 Å². The van der Waals surface area contributed by atoms with Crippen LogP contribution in [0.15, 0.2) is 0 Å². The zero-order chi connectivity index (χ0) is 19.0. The van der Waals surface area contributed by atoms with Gasteiger partial charge < -0.3 is 18.9 Å². The number of ether oxygens (including phenoxy) is 4. The first-order valence-corrected chi connectivity index (χ1v) is 9.20. The summed E-state index contributed by atoms with van der Waals surface area (Å²) in [7, 11) is 0. The molecule has 0 radical (unpaired) electrons. The molecule has 26 heavy (non-hydrogen) atoms. The number of cyclic esters (lactones) is 4. The van der Waals surface area contributed by atoms with Gasteiger partial charge in [-0.25, -0.2) is 0 Å². The number of hydrogen-bond acceptors (Lipinski definition) is 8. The Labute approximate surface area is 153 Å². The predicted molar refractivity (Wildman–Crippen MR) is 90.0 cm³/mol. The van der Waals surface area contributed by atoms with Crippen LogP contribution in [-0.2, 0) is 38.1 Å². The molecule has 0 aromatic heterocycles. The van der Waals surface area contributed by atoms with Crippen LogP contribution in [0.25, 0.3) is 0 Å². The van der Waals surface area contributed by atoms with E-state index in [-0.39, 0.29) is 39.3 Å². The molecule has 1 heterocycles. The molecular formula is C18H28O8. The highest BCUT2D eigenvalue weighted by atomic mass is 16.6. The van der Waals surface area contributed by atoms with Crippen LogP contribution in [0.3, 0.4) is 0 Å². The second kappa shape index (κ2) is 14.1. The molecule has 1 aliphatic heterocycles. The van der Waals surface area contributed by atoms with Crippen molar-refractivity contribution in [2.45, 2.75) is 64.2 Å². The van der Waals surface area contributed by atoms with E-state index in [1.54, 1.807) is 0 Å². The second-order valence-electron chi connectivity index (χ2n) is 6.06. The fourth-order valence-corrected chi connectivity index (χ4v) is 2.30. The van der Waals surface area contributed by atoms with E-state index in [0.717, 1.165) is 25.7 Å². The van der Waals surface area contributed by atoms with Gasteiger partial charge >= 0.3 is 23.9 Å². The van der Waals surface area contributed by atoms with Crippen molar-refractivity contribution in [2.24, 2.45) is 0 Å². The van der Waals surface area contributed by atoms with Crippen LogP contribution in [0.2, 0.25) is 0 Å². The minimum absolute atomic E-state index is 0.248. The first kappa shape index (κ1) is 21.9. The Balaban J connectivity index is 2.32. The van der Waals surface area contributed by atoms with Crippen molar-refractivity contribution in [1.82, 2.24) is 0 Å². The summed E-state index contributed by atoms with van der Waals surface area (Å²) in [5.41, 5.74) is 0. The summed E-state index contributed by atoms with van der Waals surface area (Å²) in [5.74, 6) is -2.30. The van der Waals surface area contributed by atoms with Gasteiger partial charge in [0.2, 0.25) is 0 Å². The Kier molecular flexibility index (Phi) is 11.9. The number of carbonyl (C=O) groups excluding carboxylic acids is 4. The zero-order valence-electron chi connectivity index (χ0n) is 15.2. The molecule has 0 unspecified atom stereocenters. The SMILES string of the molecule is O=C1CC(=O)OCCCCCCOC(=O)CC(=O)OCCCCCCO1. The molecular weight excluding hydrogens is 344 g/mol. The highest BCUT2D eigenvalue weighted by Crippen LogP contribution is 2.05. The quantitative estimate of drug-likeness (QED) is 0.361. The van der Waals surface area contributed by atoms with Gasteiger partial charge in [-0.05, 0) is 51.4 Å². The van der Waals surface area contributed by atoms with Crippen LogP contribution in [-0.4, -0.2) is 50.3 Å². The molecule has 148 valence electrons. The van der Waals surface area contributed by atoms with Crippen LogP contribution in [0, 0.1) is 0 Å². The standard InChI is InChI=1S/C18H28O8/c19-15-13-17(21)25-11-7-3-4-8-12-26-18(22)14-16(20)24-10-6-2-1-5-9-23-15/h1-14H2. The Morgan fingerprint density at radius 3 is 0.846 bits per heavy atom. The van der Waals surface area contributed by atoms with Crippen LogP contribution >= 0.6 is 0 Å². The topological polar surface area (TPSA) is 105 Å². The summed E-state index contributed by atoms with van der Waals surface area (Å²) in [6.45, 7) is 0.991. The Hall–Kier alpha value is -2.12. The highest BCUT2D eigenvalue weighted by Gasteiger charge is 2.13. The third kappa shape index (κ3) is 12.3. The summed E-state index contributed by atoms with van der Waals surface area (Å²) < 4.78 is 19.9. The maximum absolute atomic E-state index is 11.5. The van der Waals surface area contributed by atoms with E-state index in [2.05, 4.69) is 0 Å². The van der Waals surface area contributed by atoms with E-state index in [1.807, 2.05) is 0 Å². The summed E-state index contributed by atoms with van der Waals surface area (Å²) in [6.07, 6.45) is 5.14. The molecule has 0 atom stereocenters. The van der Waals surface area contributed by atoms with Crippen molar-refractivity contribution in [3.63, 3.8) is 0 Å². The maximum atomic E-state index is 11.5. The smallest absolute Gasteiger partial charge is 0.317 e. The van der Waals surface area contributed by atoms with Gasteiger partial charge in [-0.2, -0.15) is 0 Å². The molecule has 1 aliphatic rings. The molecule has 0 saturated carbocycles. The fraction of sp³-hybridized carbons (Fsp3) is 0.778.